The molecule has 0 unspecified atom stereocenters. The molecule has 814 valence electrons. The summed E-state index contributed by atoms with van der Waals surface area (Å²) in [5.74, 6) is 31.7. The molecule has 5 aromatic heterocycles. The highest BCUT2D eigenvalue weighted by atomic mass is 35.5. The molecule has 22 nitrogen and oxygen atoms in total. The zero-order valence-electron chi connectivity index (χ0n) is 91.0. The Kier molecular flexibility index (Phi) is 30.2. The SMILES string of the molecule is C=C(Cn1nccn1)[C@H]1CC[C@H]2[C@@H]3CC[C@H]4C[C@@](O)(C#CC5CC5)CC[C@@H]4[C@H]3CC[C@]12C.C=C(Cn1nccn1)[C@H]1CC[C@H]2[C@@H]3CC[C@H]4C[C@@](O)(C#CCl)CC[C@@H]4[C@H]3CC[C@]12C.C=C(Cn1nccn1)[C@H]1CC[C@H]2[C@@H]3CC[C@H]4C[C@@](O)(C(F)F)CC[C@@H]4[C@H]3CC[C@]12C.C=C(Cn1ncnn1)[C@H]1CC[C@H]2[C@@H]3CC[C@H]4C[C@@](O)(CF)CC[C@@H]4[C@H]3CC[C@]12C.C=C(Cn1ncnn1)[C@H]1CC[C@H]2[C@@H]3CC[C@H]4C[C@](C)(O)CC[C@@H]4[C@H]3CC[C@]12C. The molecule has 5 N–H and O–H groups in total. The number of halogens is 4. The van der Waals surface area contributed by atoms with Crippen LogP contribution in [0.1, 0.15) is 343 Å². The van der Waals surface area contributed by atoms with E-state index in [0.29, 0.717) is 143 Å². The largest absolute Gasteiger partial charge is 0.390 e. The van der Waals surface area contributed by atoms with Gasteiger partial charge in [0.15, 0.2) is 12.7 Å². The van der Waals surface area contributed by atoms with Gasteiger partial charge >= 0.3 is 0 Å². The van der Waals surface area contributed by atoms with Crippen LogP contribution in [-0.2, 0) is 32.7 Å². The van der Waals surface area contributed by atoms with Crippen molar-refractivity contribution in [2.45, 2.75) is 410 Å². The second-order valence-corrected chi connectivity index (χ2v) is 55.9. The summed E-state index contributed by atoms with van der Waals surface area (Å²) in [6.45, 7) is 40.2. The number of allylic oxidation sites excluding steroid dienone is 5. The number of alkyl halides is 3. The Morgan fingerprint density at radius 1 is 0.315 bits per heavy atom. The summed E-state index contributed by atoms with van der Waals surface area (Å²) >= 11 is 5.63. The van der Waals surface area contributed by atoms with Gasteiger partial charge < -0.3 is 25.5 Å². The highest BCUT2D eigenvalue weighted by molar-refractivity contribution is 6.30. The molecule has 26 heteroatoms. The van der Waals surface area contributed by atoms with Gasteiger partial charge in [-0.15, -0.1) is 20.4 Å². The molecule has 26 rings (SSSR count). The summed E-state index contributed by atoms with van der Waals surface area (Å²) in [5.41, 5.74) is 3.48. The molecule has 0 radical (unpaired) electrons. The van der Waals surface area contributed by atoms with E-state index in [4.69, 9.17) is 11.6 Å². The van der Waals surface area contributed by atoms with Crippen LogP contribution in [0.3, 0.4) is 0 Å². The number of nitrogens with zero attached hydrogens (tertiary/aromatic N) is 17. The Labute approximate surface area is 891 Å². The van der Waals surface area contributed by atoms with Crippen molar-refractivity contribution in [2.24, 2.45) is 211 Å². The number of aromatic nitrogens is 17. The summed E-state index contributed by atoms with van der Waals surface area (Å²) in [6, 6.07) is 0. The molecule has 21 saturated carbocycles. The van der Waals surface area contributed by atoms with E-state index in [-0.39, 0.29) is 17.8 Å². The fourth-order valence-electron chi connectivity index (χ4n) is 42.1. The van der Waals surface area contributed by atoms with Gasteiger partial charge in [0.25, 0.3) is 6.43 Å². The summed E-state index contributed by atoms with van der Waals surface area (Å²) in [4.78, 5) is 8.66. The second kappa shape index (κ2) is 42.3. The van der Waals surface area contributed by atoms with Crippen LogP contribution in [0.15, 0.2) is 111 Å². The van der Waals surface area contributed by atoms with Crippen molar-refractivity contribution >= 4 is 11.6 Å². The van der Waals surface area contributed by atoms with Crippen LogP contribution in [0.25, 0.3) is 0 Å². The van der Waals surface area contributed by atoms with Crippen LogP contribution < -0.4 is 0 Å². The monoisotopic (exact) mass is 2070 g/mol. The van der Waals surface area contributed by atoms with E-state index < -0.39 is 41.1 Å². The van der Waals surface area contributed by atoms with Gasteiger partial charge in [-0.2, -0.15) is 54.6 Å². The van der Waals surface area contributed by atoms with E-state index in [2.05, 4.69) is 159 Å². The quantitative estimate of drug-likeness (QED) is 0.0427. The average Bonchev–Trinajstić information content (AvgIpc) is 1.65. The van der Waals surface area contributed by atoms with Gasteiger partial charge in [0.2, 0.25) is 0 Å². The first-order chi connectivity index (χ1) is 71.5. The van der Waals surface area contributed by atoms with Gasteiger partial charge in [-0.05, 0) is 535 Å². The average molecular weight is 2070 g/mol. The molecule has 0 aromatic carbocycles. The van der Waals surface area contributed by atoms with Crippen LogP contribution in [0, 0.1) is 234 Å². The van der Waals surface area contributed by atoms with E-state index in [0.717, 1.165) is 178 Å². The third-order valence-electron chi connectivity index (χ3n) is 48.8. The molecular formula is C123H179ClF3N17O5. The number of hydrogen-bond acceptors (Lipinski definition) is 17. The zero-order valence-corrected chi connectivity index (χ0v) is 91.7. The van der Waals surface area contributed by atoms with Crippen molar-refractivity contribution in [3.63, 3.8) is 0 Å². The third kappa shape index (κ3) is 20.5. The molecule has 5 aromatic rings. The smallest absolute Gasteiger partial charge is 0.266 e. The maximum absolute atomic E-state index is 13.4. The predicted octanol–water partition coefficient (Wildman–Crippen LogP) is 23.8. The highest BCUT2D eigenvalue weighted by Gasteiger charge is 2.66. The van der Waals surface area contributed by atoms with Crippen LogP contribution in [0.5, 0.6) is 0 Å². The minimum absolute atomic E-state index is 0.271. The Balaban J connectivity index is 0.000000105. The Bertz CT molecular complexity index is 5620. The van der Waals surface area contributed by atoms with Crippen molar-refractivity contribution in [3.8, 4) is 23.1 Å². The number of tetrazole rings is 2. The van der Waals surface area contributed by atoms with Crippen molar-refractivity contribution in [3.05, 3.63) is 111 Å². The number of rotatable bonds is 17. The second-order valence-electron chi connectivity index (χ2n) is 55.8. The van der Waals surface area contributed by atoms with Crippen molar-refractivity contribution in [1.29, 1.82) is 0 Å². The van der Waals surface area contributed by atoms with Crippen LogP contribution in [0.4, 0.5) is 13.2 Å². The van der Waals surface area contributed by atoms with Crippen LogP contribution >= 0.6 is 11.6 Å². The minimum atomic E-state index is -2.61. The summed E-state index contributed by atoms with van der Waals surface area (Å²) in [5, 5.41) is 106. The summed E-state index contributed by atoms with van der Waals surface area (Å²) < 4.78 is 40.2. The number of fused-ring (bicyclic) bond motifs is 25. The molecule has 40 atom stereocenters. The molecule has 0 saturated heterocycles. The molecule has 21 aliphatic carbocycles. The first-order valence-electron chi connectivity index (χ1n) is 59.9. The Hall–Kier alpha value is -6.74. The van der Waals surface area contributed by atoms with Crippen molar-refractivity contribution in [2.75, 3.05) is 6.67 Å². The fourth-order valence-corrected chi connectivity index (χ4v) is 42.3. The van der Waals surface area contributed by atoms with Gasteiger partial charge in [-0.25, -0.2) is 13.2 Å². The standard InChI is InChI=1S/C28H39N3O.C25H34ClN3O.C24H35F2N3O.C23H35FN4O.C23H36N4O/c1-19(18-31-29-15-16-30-31)25-7-8-26-24-6-5-21-17-28(32,13-9-20-3-4-20)14-11-22(21)23(24)10-12-27(25,26)2;1-17(16-29-27-13-14-28-29)22-5-6-23-21-4-3-18-15-25(30,11-12-26)10-8-19(18)20(21)7-9-24(22,23)2;1-15(14-29-27-11-12-28-29)20-5-6-21-19-4-3-16-13-24(30,22(25)26)10-8-17(16)18(19)7-9-23(20,21)2;1-15(12-28-26-14-25-27-28)20-5-6-21-19-4-3-16-11-23(29,13-24)10-8-17(16)18(19)7-9-22(20,21)2;1-15(13-27-25-14-24-26-27)20-6-7-21-19-5-4-16-12-22(2,28)10-8-17(16)18(19)9-11-23(20,21)3/h15-16,20-26,32H,1,3-8,10-12,14,17-18H2,2H3;13-14,18-23,30H,1,3-10,15-16H2,2H3;11-12,16-22,30H,1,3-10,13-14H2,2H3;14,16-21,29H,1,3-13H2,2H3;14,16-21,28H,1,4-13H2,2-3H3/t21-,22-,23+,24+,25+,26-,27+,28+;18-,19-,20+,21+,22+,23-,24+,25-;16-,17-,18+,19+,20+,21-,23+,24+;2*16-,17-,18+,19+,20+,21-,22+,23+/m00000/s1. The molecule has 21 fully saturated rings. The topological polar surface area (TPSA) is 280 Å². The first-order valence-corrected chi connectivity index (χ1v) is 60.3. The minimum Gasteiger partial charge on any atom is -0.390 e. The lowest BCUT2D eigenvalue weighted by atomic mass is 9.48. The predicted molar refractivity (Wildman–Crippen MR) is 571 cm³/mol. The lowest BCUT2D eigenvalue weighted by Crippen LogP contribution is -2.52. The van der Waals surface area contributed by atoms with E-state index >= 15 is 0 Å². The van der Waals surface area contributed by atoms with E-state index in [1.165, 1.54) is 246 Å². The zero-order chi connectivity index (χ0) is 104. The molecule has 0 bridgehead atoms. The molecule has 0 aliphatic heterocycles. The number of aliphatic hydroxyl groups is 5. The van der Waals surface area contributed by atoms with Gasteiger partial charge in [0.1, 0.15) is 23.5 Å². The van der Waals surface area contributed by atoms with Crippen molar-refractivity contribution in [1.82, 2.24) is 85.4 Å². The van der Waals surface area contributed by atoms with Crippen LogP contribution in [0.2, 0.25) is 0 Å². The summed E-state index contributed by atoms with van der Waals surface area (Å²) in [7, 11) is 0. The van der Waals surface area contributed by atoms with Crippen LogP contribution in [-0.4, -0.2) is 152 Å². The Morgan fingerprint density at radius 2 is 0.604 bits per heavy atom. The first kappa shape index (κ1) is 107. The van der Waals surface area contributed by atoms with Gasteiger partial charge in [0.05, 0.1) is 81.1 Å². The maximum atomic E-state index is 13.4. The third-order valence-corrected chi connectivity index (χ3v) is 48.9. The van der Waals surface area contributed by atoms with Crippen molar-refractivity contribution < 1.29 is 38.7 Å². The van der Waals surface area contributed by atoms with E-state index in [1.807, 2.05) is 0 Å². The normalized spacial score (nSPS) is 46.0. The molecule has 5 heterocycles. The molecule has 149 heavy (non-hydrogen) atoms. The van der Waals surface area contributed by atoms with Gasteiger partial charge in [-0.3, -0.25) is 0 Å². The number of hydrogen-bond donors (Lipinski definition) is 5. The van der Waals surface area contributed by atoms with E-state index in [1.54, 1.807) is 61.2 Å². The van der Waals surface area contributed by atoms with Gasteiger partial charge in [0, 0.05) is 11.3 Å². The summed E-state index contributed by atoms with van der Waals surface area (Å²) in [6.07, 6.45) is 64.5. The molecular weight excluding hydrogens is 1890 g/mol. The molecule has 0 amide bonds. The van der Waals surface area contributed by atoms with E-state index in [9.17, 15) is 38.7 Å². The fraction of sp³-hybridized carbons (Fsp3) is 0.821. The lowest BCUT2D eigenvalue weighted by molar-refractivity contribution is -0.159. The van der Waals surface area contributed by atoms with Gasteiger partial charge in [-0.1, -0.05) is 113 Å². The highest BCUT2D eigenvalue weighted by Crippen LogP contribution is 2.73. The Morgan fingerprint density at radius 3 is 0.913 bits per heavy atom. The lowest BCUT2D eigenvalue weighted by Gasteiger charge is -2.57. The molecule has 21 aliphatic rings. The molecule has 0 spiro atoms. The maximum Gasteiger partial charge on any atom is 0.266 e.